The summed E-state index contributed by atoms with van der Waals surface area (Å²) in [5, 5.41) is 9.18. The first-order chi connectivity index (χ1) is 13.4. The van der Waals surface area contributed by atoms with Crippen molar-refractivity contribution >= 4 is 0 Å². The van der Waals surface area contributed by atoms with Gasteiger partial charge in [0.2, 0.25) is 0 Å². The number of aromatic amines is 1. The van der Waals surface area contributed by atoms with E-state index in [0.717, 1.165) is 75.2 Å². The predicted molar refractivity (Wildman–Crippen MR) is 97.0 cm³/mol. The molecule has 0 aromatic carbocycles. The normalized spacial score (nSPS) is 21.4. The fraction of sp³-hybridized carbons (Fsp3) is 0.526. The summed E-state index contributed by atoms with van der Waals surface area (Å²) in [6, 6.07) is 4.24. The van der Waals surface area contributed by atoms with Crippen molar-refractivity contribution in [1.82, 2.24) is 29.6 Å². The Balaban J connectivity index is 1.44. The smallest absolute Gasteiger partial charge is 0.147 e. The van der Waals surface area contributed by atoms with Crippen LogP contribution in [0.5, 0.6) is 0 Å². The number of nitrogens with one attached hydrogen (secondary N) is 1. The van der Waals surface area contributed by atoms with Crippen LogP contribution in [0.15, 0.2) is 35.3 Å². The van der Waals surface area contributed by atoms with Gasteiger partial charge in [-0.3, -0.25) is 4.90 Å². The number of hydrogen-bond acceptors (Lipinski definition) is 6. The minimum absolute atomic E-state index is 0.275. The summed E-state index contributed by atoms with van der Waals surface area (Å²) in [5.74, 6) is 3.57. The lowest BCUT2D eigenvalue weighted by atomic mass is 9.98. The molecule has 5 rings (SSSR count). The van der Waals surface area contributed by atoms with Crippen LogP contribution in [0.3, 0.4) is 0 Å². The van der Waals surface area contributed by atoms with E-state index in [1.165, 1.54) is 0 Å². The van der Waals surface area contributed by atoms with E-state index in [1.807, 2.05) is 18.3 Å². The summed E-state index contributed by atoms with van der Waals surface area (Å²) in [7, 11) is 0. The van der Waals surface area contributed by atoms with Gasteiger partial charge in [-0.2, -0.15) is 0 Å². The lowest BCUT2D eigenvalue weighted by Crippen LogP contribution is -2.39. The summed E-state index contributed by atoms with van der Waals surface area (Å²) in [5.41, 5.74) is 1.14. The standard InChI is InChI=1S/C19H24N6O2/c1-2-17(27-5-1)11-24-10-16(8-15-9-20-13-21-15)25-18(12-24)22-23-19(25)14-3-6-26-7-4-14/h1-2,5,9,13-14,16H,3-4,6-8,10-12H2,(H,20,21)/t16-/m0/s1. The van der Waals surface area contributed by atoms with Crippen molar-refractivity contribution in [3.05, 3.63) is 54.0 Å². The zero-order chi connectivity index (χ0) is 18.1. The highest BCUT2D eigenvalue weighted by Gasteiger charge is 2.33. The van der Waals surface area contributed by atoms with E-state index in [2.05, 4.69) is 29.6 Å². The molecule has 8 heteroatoms. The predicted octanol–water partition coefficient (Wildman–Crippen LogP) is 2.29. The number of nitrogens with zero attached hydrogens (tertiary/aromatic N) is 5. The highest BCUT2D eigenvalue weighted by Crippen LogP contribution is 2.32. The number of ether oxygens (including phenoxy) is 1. The van der Waals surface area contributed by atoms with Gasteiger partial charge >= 0.3 is 0 Å². The Morgan fingerprint density at radius 1 is 1.22 bits per heavy atom. The number of furan rings is 1. The molecule has 3 aromatic rings. The van der Waals surface area contributed by atoms with Crippen LogP contribution in [0.2, 0.25) is 0 Å². The molecule has 1 fully saturated rings. The second-order valence-corrected chi connectivity index (χ2v) is 7.41. The Hall–Kier alpha value is -2.45. The van der Waals surface area contributed by atoms with E-state index in [1.54, 1.807) is 12.6 Å². The van der Waals surface area contributed by atoms with Crippen molar-refractivity contribution < 1.29 is 9.15 Å². The molecule has 1 saturated heterocycles. The summed E-state index contributed by atoms with van der Waals surface area (Å²) in [6.45, 7) is 4.12. The van der Waals surface area contributed by atoms with Crippen molar-refractivity contribution in [3.8, 4) is 0 Å². The van der Waals surface area contributed by atoms with Crippen molar-refractivity contribution in [2.75, 3.05) is 19.8 Å². The lowest BCUT2D eigenvalue weighted by molar-refractivity contribution is 0.0808. The van der Waals surface area contributed by atoms with E-state index >= 15 is 0 Å². The SMILES string of the molecule is c1coc(CN2Cc3nnc(C4CCOCC4)n3[C@@H](Cc3cnc[nH]3)C2)c1. The minimum atomic E-state index is 0.275. The Kier molecular flexibility index (Phi) is 4.51. The molecule has 2 aliphatic rings. The van der Waals surface area contributed by atoms with Crippen molar-refractivity contribution in [2.24, 2.45) is 0 Å². The molecule has 0 unspecified atom stereocenters. The maximum Gasteiger partial charge on any atom is 0.147 e. The van der Waals surface area contributed by atoms with Crippen LogP contribution >= 0.6 is 0 Å². The van der Waals surface area contributed by atoms with E-state index in [0.29, 0.717) is 5.92 Å². The molecule has 0 radical (unpaired) electrons. The van der Waals surface area contributed by atoms with Gasteiger partial charge < -0.3 is 18.7 Å². The summed E-state index contributed by atoms with van der Waals surface area (Å²) in [4.78, 5) is 9.81. The lowest BCUT2D eigenvalue weighted by Gasteiger charge is -2.35. The molecule has 0 saturated carbocycles. The van der Waals surface area contributed by atoms with Crippen LogP contribution in [0.4, 0.5) is 0 Å². The molecule has 8 nitrogen and oxygen atoms in total. The number of hydrogen-bond donors (Lipinski definition) is 1. The second-order valence-electron chi connectivity index (χ2n) is 7.41. The number of fused-ring (bicyclic) bond motifs is 1. The van der Waals surface area contributed by atoms with Gasteiger partial charge in [-0.25, -0.2) is 4.98 Å². The van der Waals surface area contributed by atoms with Crippen molar-refractivity contribution in [2.45, 2.75) is 44.3 Å². The summed E-state index contributed by atoms with van der Waals surface area (Å²) in [6.07, 6.45) is 8.30. The summed E-state index contributed by atoms with van der Waals surface area (Å²) >= 11 is 0. The van der Waals surface area contributed by atoms with Gasteiger partial charge in [0.05, 0.1) is 31.7 Å². The van der Waals surface area contributed by atoms with Crippen LogP contribution in [-0.2, 0) is 24.2 Å². The monoisotopic (exact) mass is 368 g/mol. The minimum Gasteiger partial charge on any atom is -0.468 e. The van der Waals surface area contributed by atoms with Crippen LogP contribution in [-0.4, -0.2) is 49.4 Å². The van der Waals surface area contributed by atoms with E-state index in [-0.39, 0.29) is 6.04 Å². The molecular formula is C19H24N6O2. The van der Waals surface area contributed by atoms with Gasteiger partial charge in [-0.1, -0.05) is 0 Å². The molecule has 3 aromatic heterocycles. The first-order valence-corrected chi connectivity index (χ1v) is 9.60. The van der Waals surface area contributed by atoms with Gasteiger partial charge in [0, 0.05) is 44.0 Å². The number of rotatable bonds is 5. The van der Waals surface area contributed by atoms with E-state index < -0.39 is 0 Å². The molecule has 1 atom stereocenters. The first kappa shape index (κ1) is 16.7. The molecule has 0 bridgehead atoms. The maximum atomic E-state index is 5.55. The molecular weight excluding hydrogens is 344 g/mol. The number of aromatic nitrogens is 5. The maximum absolute atomic E-state index is 5.55. The van der Waals surface area contributed by atoms with Crippen LogP contribution in [0, 0.1) is 0 Å². The topological polar surface area (TPSA) is 85.0 Å². The van der Waals surface area contributed by atoms with Crippen molar-refractivity contribution in [3.63, 3.8) is 0 Å². The molecule has 27 heavy (non-hydrogen) atoms. The van der Waals surface area contributed by atoms with Gasteiger partial charge in [-0.15, -0.1) is 10.2 Å². The van der Waals surface area contributed by atoms with Crippen molar-refractivity contribution in [1.29, 1.82) is 0 Å². The molecule has 2 aliphatic heterocycles. The highest BCUT2D eigenvalue weighted by molar-refractivity contribution is 5.11. The van der Waals surface area contributed by atoms with Gasteiger partial charge in [-0.05, 0) is 25.0 Å². The van der Waals surface area contributed by atoms with Gasteiger partial charge in [0.1, 0.15) is 17.4 Å². The fourth-order valence-corrected chi connectivity index (χ4v) is 4.27. The zero-order valence-electron chi connectivity index (χ0n) is 15.3. The van der Waals surface area contributed by atoms with E-state index in [9.17, 15) is 0 Å². The quantitative estimate of drug-likeness (QED) is 0.744. The van der Waals surface area contributed by atoms with E-state index in [4.69, 9.17) is 9.15 Å². The third-order valence-electron chi connectivity index (χ3n) is 5.55. The number of imidazole rings is 1. The molecule has 0 amide bonds. The zero-order valence-corrected chi connectivity index (χ0v) is 15.3. The molecule has 0 aliphatic carbocycles. The summed E-state index contributed by atoms with van der Waals surface area (Å²) < 4.78 is 13.5. The Morgan fingerprint density at radius 3 is 2.93 bits per heavy atom. The average molecular weight is 368 g/mol. The Morgan fingerprint density at radius 2 is 2.15 bits per heavy atom. The Labute approximate surface area is 157 Å². The van der Waals surface area contributed by atoms with Gasteiger partial charge in [0.25, 0.3) is 0 Å². The number of H-pyrrole nitrogens is 1. The highest BCUT2D eigenvalue weighted by atomic mass is 16.5. The molecule has 142 valence electrons. The fourth-order valence-electron chi connectivity index (χ4n) is 4.27. The van der Waals surface area contributed by atoms with Crippen LogP contribution < -0.4 is 0 Å². The molecule has 1 N–H and O–H groups in total. The van der Waals surface area contributed by atoms with Crippen LogP contribution in [0.25, 0.3) is 0 Å². The Bertz CT molecular complexity index is 851. The largest absolute Gasteiger partial charge is 0.468 e. The molecule has 0 spiro atoms. The van der Waals surface area contributed by atoms with Crippen LogP contribution in [0.1, 0.15) is 47.9 Å². The third-order valence-corrected chi connectivity index (χ3v) is 5.55. The first-order valence-electron chi connectivity index (χ1n) is 9.60. The van der Waals surface area contributed by atoms with Gasteiger partial charge in [0.15, 0.2) is 0 Å². The second kappa shape index (κ2) is 7.28. The third kappa shape index (κ3) is 3.42. The molecule has 5 heterocycles. The average Bonchev–Trinajstić information content (AvgIpc) is 3.44.